The first-order valence-corrected chi connectivity index (χ1v) is 11.7. The van der Waals surface area contributed by atoms with E-state index < -0.39 is 33.2 Å². The average Bonchev–Trinajstić information content (AvgIpc) is 2.83. The highest BCUT2D eigenvalue weighted by Crippen LogP contribution is 2.33. The molecule has 3 rings (SSSR count). The highest BCUT2D eigenvalue weighted by atomic mass is 35.5. The van der Waals surface area contributed by atoms with Gasteiger partial charge in [-0.25, -0.2) is 12.8 Å². The predicted molar refractivity (Wildman–Crippen MR) is 112 cm³/mol. The van der Waals surface area contributed by atoms with E-state index in [2.05, 4.69) is 10.6 Å². The van der Waals surface area contributed by atoms with Crippen molar-refractivity contribution in [1.29, 1.82) is 0 Å². The first kappa shape index (κ1) is 21.6. The average molecular weight is 457 g/mol. The minimum Gasteiger partial charge on any atom is -0.325 e. The fourth-order valence-corrected chi connectivity index (χ4v) is 5.47. The van der Waals surface area contributed by atoms with Crippen LogP contribution in [0.3, 0.4) is 0 Å². The summed E-state index contributed by atoms with van der Waals surface area (Å²) in [6.45, 7) is 1.48. The first-order chi connectivity index (χ1) is 13.7. The molecule has 2 amide bonds. The zero-order valence-corrected chi connectivity index (χ0v) is 17.8. The second-order valence-corrected chi connectivity index (χ2v) is 10.2. The van der Waals surface area contributed by atoms with E-state index in [0.717, 1.165) is 17.0 Å². The van der Waals surface area contributed by atoms with E-state index in [9.17, 15) is 22.4 Å². The maximum Gasteiger partial charge on any atom is 0.228 e. The van der Waals surface area contributed by atoms with Gasteiger partial charge in [-0.15, -0.1) is 11.8 Å². The number of hydrogen-bond acceptors (Lipinski definition) is 5. The lowest BCUT2D eigenvalue weighted by atomic mass is 10.2. The fourth-order valence-electron chi connectivity index (χ4n) is 2.74. The van der Waals surface area contributed by atoms with Crippen molar-refractivity contribution < 1.29 is 22.4 Å². The minimum absolute atomic E-state index is 0.0207. The minimum atomic E-state index is -3.79. The lowest BCUT2D eigenvalue weighted by molar-refractivity contribution is -0.119. The molecule has 0 unspecified atom stereocenters. The lowest BCUT2D eigenvalue weighted by Gasteiger charge is -2.15. The Kier molecular flexibility index (Phi) is 6.50. The molecule has 0 spiro atoms. The quantitative estimate of drug-likeness (QED) is 0.710. The van der Waals surface area contributed by atoms with Gasteiger partial charge in [-0.1, -0.05) is 18.5 Å². The van der Waals surface area contributed by atoms with E-state index in [1.165, 1.54) is 36.9 Å². The zero-order chi connectivity index (χ0) is 21.2. The number of halogens is 2. The molecule has 10 heteroatoms. The Bertz CT molecular complexity index is 1080. The van der Waals surface area contributed by atoms with Crippen molar-refractivity contribution in [3.05, 3.63) is 47.2 Å². The van der Waals surface area contributed by atoms with Crippen molar-refractivity contribution in [3.8, 4) is 0 Å². The van der Waals surface area contributed by atoms with Crippen molar-refractivity contribution in [2.24, 2.45) is 5.92 Å². The summed E-state index contributed by atoms with van der Waals surface area (Å²) in [6, 6.07) is 8.05. The highest BCUT2D eigenvalue weighted by molar-refractivity contribution is 7.99. The standard InChI is InChI=1S/C19H18ClFN2O4S2/c1-11(19(25)23-15-4-2-12(21)8-14(15)20)10-29(26,27)13-3-5-17-16(9-13)22-18(24)6-7-28-17/h2-5,8-9,11H,6-7,10H2,1H3,(H,22,24)(H,23,25)/t11-/m0/s1. The molecule has 0 aliphatic carbocycles. The van der Waals surface area contributed by atoms with Gasteiger partial charge in [-0.2, -0.15) is 0 Å². The van der Waals surface area contributed by atoms with Crippen LogP contribution in [0.25, 0.3) is 0 Å². The predicted octanol–water partition coefficient (Wildman–Crippen LogP) is 3.96. The van der Waals surface area contributed by atoms with Crippen molar-refractivity contribution in [1.82, 2.24) is 0 Å². The van der Waals surface area contributed by atoms with Crippen LogP contribution < -0.4 is 10.6 Å². The monoisotopic (exact) mass is 456 g/mol. The van der Waals surface area contributed by atoms with Crippen molar-refractivity contribution in [2.45, 2.75) is 23.1 Å². The van der Waals surface area contributed by atoms with Gasteiger partial charge >= 0.3 is 0 Å². The Labute approximate surface area is 177 Å². The van der Waals surface area contributed by atoms with E-state index in [-0.39, 0.29) is 21.5 Å². The summed E-state index contributed by atoms with van der Waals surface area (Å²) in [4.78, 5) is 25.0. The van der Waals surface area contributed by atoms with Crippen LogP contribution in [-0.2, 0) is 19.4 Å². The number of anilines is 2. The molecule has 154 valence electrons. The smallest absolute Gasteiger partial charge is 0.228 e. The topological polar surface area (TPSA) is 92.3 Å². The number of benzene rings is 2. The Morgan fingerprint density at radius 2 is 2.07 bits per heavy atom. The van der Waals surface area contributed by atoms with Crippen LogP contribution in [-0.4, -0.2) is 31.7 Å². The molecule has 0 radical (unpaired) electrons. The number of nitrogens with one attached hydrogen (secondary N) is 2. The number of fused-ring (bicyclic) bond motifs is 1. The SMILES string of the molecule is C[C@@H](CS(=O)(=O)c1ccc2c(c1)NC(=O)CCS2)C(=O)Nc1ccc(F)cc1Cl. The molecule has 29 heavy (non-hydrogen) atoms. The van der Waals surface area contributed by atoms with Gasteiger partial charge in [0.15, 0.2) is 9.84 Å². The summed E-state index contributed by atoms with van der Waals surface area (Å²) >= 11 is 7.36. The third-order valence-corrected chi connectivity index (χ3v) is 7.58. The van der Waals surface area contributed by atoms with E-state index in [1.807, 2.05) is 0 Å². The van der Waals surface area contributed by atoms with Gasteiger partial charge in [-0.3, -0.25) is 9.59 Å². The van der Waals surface area contributed by atoms with Crippen LogP contribution in [0, 0.1) is 11.7 Å². The van der Waals surface area contributed by atoms with Crippen LogP contribution in [0.4, 0.5) is 15.8 Å². The summed E-state index contributed by atoms with van der Waals surface area (Å²) in [7, 11) is -3.79. The van der Waals surface area contributed by atoms with Gasteiger partial charge in [0.1, 0.15) is 5.82 Å². The number of rotatable bonds is 5. The largest absolute Gasteiger partial charge is 0.325 e. The Morgan fingerprint density at radius 3 is 2.79 bits per heavy atom. The van der Waals surface area contributed by atoms with Gasteiger partial charge in [0.2, 0.25) is 11.8 Å². The summed E-state index contributed by atoms with van der Waals surface area (Å²) in [5.74, 6) is -1.97. The number of amides is 2. The lowest BCUT2D eigenvalue weighted by Crippen LogP contribution is -2.27. The molecule has 0 fully saturated rings. The third-order valence-electron chi connectivity index (χ3n) is 4.28. The summed E-state index contributed by atoms with van der Waals surface area (Å²) in [6.07, 6.45) is 0.352. The van der Waals surface area contributed by atoms with Gasteiger partial charge in [0.25, 0.3) is 0 Å². The molecule has 0 saturated carbocycles. The number of carbonyl (C=O) groups excluding carboxylic acids is 2. The molecule has 2 N–H and O–H groups in total. The fraction of sp³-hybridized carbons (Fsp3) is 0.263. The van der Waals surface area contributed by atoms with Gasteiger partial charge < -0.3 is 10.6 Å². The Balaban J connectivity index is 1.74. The zero-order valence-electron chi connectivity index (χ0n) is 15.4. The number of carbonyl (C=O) groups is 2. The molecule has 2 aromatic carbocycles. The van der Waals surface area contributed by atoms with Gasteiger partial charge in [0.05, 0.1) is 27.0 Å². The van der Waals surface area contributed by atoms with Crippen molar-refractivity contribution in [2.75, 3.05) is 22.1 Å². The Morgan fingerprint density at radius 1 is 1.31 bits per heavy atom. The normalized spacial score (nSPS) is 15.1. The number of thioether (sulfide) groups is 1. The van der Waals surface area contributed by atoms with E-state index in [4.69, 9.17) is 11.6 Å². The maximum absolute atomic E-state index is 13.1. The van der Waals surface area contributed by atoms with E-state index >= 15 is 0 Å². The molecular weight excluding hydrogens is 439 g/mol. The van der Waals surface area contributed by atoms with E-state index in [0.29, 0.717) is 17.9 Å². The van der Waals surface area contributed by atoms with Crippen molar-refractivity contribution in [3.63, 3.8) is 0 Å². The second kappa shape index (κ2) is 8.73. The summed E-state index contributed by atoms with van der Waals surface area (Å²) < 4.78 is 38.7. The second-order valence-electron chi connectivity index (χ2n) is 6.60. The van der Waals surface area contributed by atoms with Gasteiger partial charge in [0, 0.05) is 23.0 Å². The molecule has 0 bridgehead atoms. The van der Waals surface area contributed by atoms with Crippen LogP contribution in [0.15, 0.2) is 46.2 Å². The molecule has 1 heterocycles. The molecule has 6 nitrogen and oxygen atoms in total. The molecule has 0 aromatic heterocycles. The van der Waals surface area contributed by atoms with Crippen molar-refractivity contribution >= 4 is 56.4 Å². The molecule has 0 saturated heterocycles. The van der Waals surface area contributed by atoms with E-state index in [1.54, 1.807) is 6.07 Å². The molecule has 1 aliphatic rings. The first-order valence-electron chi connectivity index (χ1n) is 8.71. The third kappa shape index (κ3) is 5.29. The maximum atomic E-state index is 13.1. The van der Waals surface area contributed by atoms with Crippen LogP contribution >= 0.6 is 23.4 Å². The number of hydrogen-bond donors (Lipinski definition) is 2. The molecule has 2 aromatic rings. The summed E-state index contributed by atoms with van der Waals surface area (Å²) in [5, 5.41) is 5.24. The Hall–Kier alpha value is -2.10. The molecule has 1 atom stereocenters. The van der Waals surface area contributed by atoms with Crippen LogP contribution in [0.2, 0.25) is 5.02 Å². The highest BCUT2D eigenvalue weighted by Gasteiger charge is 2.25. The molecule has 1 aliphatic heterocycles. The van der Waals surface area contributed by atoms with Crippen LogP contribution in [0.1, 0.15) is 13.3 Å². The van der Waals surface area contributed by atoms with Crippen LogP contribution in [0.5, 0.6) is 0 Å². The number of sulfone groups is 1. The molecular formula is C19H18ClFN2O4S2. The summed E-state index contributed by atoms with van der Waals surface area (Å²) in [5.41, 5.74) is 0.654. The van der Waals surface area contributed by atoms with Gasteiger partial charge in [-0.05, 0) is 36.4 Å².